The van der Waals surface area contributed by atoms with Gasteiger partial charge in [-0.15, -0.1) is 0 Å². The fourth-order valence-electron chi connectivity index (χ4n) is 0.237. The van der Waals surface area contributed by atoms with Crippen molar-refractivity contribution in [3.63, 3.8) is 0 Å². The number of carboxylic acids is 2. The first kappa shape index (κ1) is 15.6. The third kappa shape index (κ3) is 14.9. The van der Waals surface area contributed by atoms with E-state index in [0.717, 1.165) is 6.41 Å². The lowest BCUT2D eigenvalue weighted by atomic mass is 10.5. The van der Waals surface area contributed by atoms with Crippen molar-refractivity contribution in [2.45, 2.75) is 0 Å². The zero-order valence-electron chi connectivity index (χ0n) is 8.75. The third-order valence-corrected chi connectivity index (χ3v) is 1.15. The average molecular weight is 218 g/mol. The molecule has 0 spiro atoms. The maximum Gasteiger partial charge on any atom is 0.328 e. The fraction of sp³-hybridized carbons (Fsp3) is 0.375. The van der Waals surface area contributed by atoms with E-state index in [4.69, 9.17) is 10.2 Å². The van der Waals surface area contributed by atoms with Crippen molar-refractivity contribution >= 4 is 18.3 Å². The summed E-state index contributed by atoms with van der Waals surface area (Å²) in [5.41, 5.74) is 0. The van der Waals surface area contributed by atoms with Gasteiger partial charge in [0.15, 0.2) is 0 Å². The molecule has 0 rings (SSSR count). The van der Waals surface area contributed by atoms with Gasteiger partial charge in [-0.25, -0.2) is 14.6 Å². The second kappa shape index (κ2) is 8.70. The van der Waals surface area contributed by atoms with Crippen LogP contribution >= 0.6 is 0 Å². The molecule has 0 aromatic carbocycles. The lowest BCUT2D eigenvalue weighted by Crippen LogP contribution is -2.31. The largest absolute Gasteiger partial charge is 0.478 e. The Morgan fingerprint density at radius 3 is 1.40 bits per heavy atom. The molecule has 0 atom stereocenters. The molecular formula is C8H14N2O5. The molecule has 0 heterocycles. The smallest absolute Gasteiger partial charge is 0.328 e. The molecule has 0 aliphatic heterocycles. The zero-order valence-corrected chi connectivity index (χ0v) is 8.75. The van der Waals surface area contributed by atoms with Crippen LogP contribution in [0, 0.1) is 0 Å². The summed E-state index contributed by atoms with van der Waals surface area (Å²) in [5, 5.41) is 18.8. The predicted octanol–water partition coefficient (Wildman–Crippen LogP) is -0.737. The fourth-order valence-corrected chi connectivity index (χ4v) is 0.237. The lowest BCUT2D eigenvalue weighted by molar-refractivity contribution is -0.134. The molecule has 0 aromatic rings. The number of hydrazine groups is 1. The molecule has 7 heteroatoms. The summed E-state index contributed by atoms with van der Waals surface area (Å²) in [6.45, 7) is 0. The Hall–Kier alpha value is -1.89. The van der Waals surface area contributed by atoms with Crippen LogP contribution in [0.2, 0.25) is 0 Å². The molecule has 0 saturated carbocycles. The van der Waals surface area contributed by atoms with Crippen molar-refractivity contribution in [2.24, 2.45) is 0 Å². The van der Waals surface area contributed by atoms with E-state index >= 15 is 0 Å². The van der Waals surface area contributed by atoms with Crippen LogP contribution in [0.15, 0.2) is 12.2 Å². The van der Waals surface area contributed by atoms with E-state index in [1.807, 2.05) is 0 Å². The van der Waals surface area contributed by atoms with E-state index < -0.39 is 11.9 Å². The first-order valence-corrected chi connectivity index (χ1v) is 3.80. The third-order valence-electron chi connectivity index (χ3n) is 1.15. The van der Waals surface area contributed by atoms with Gasteiger partial charge in [0.1, 0.15) is 0 Å². The minimum Gasteiger partial charge on any atom is -0.478 e. The van der Waals surface area contributed by atoms with Gasteiger partial charge in [0.2, 0.25) is 6.41 Å². The van der Waals surface area contributed by atoms with Crippen LogP contribution in [0.4, 0.5) is 0 Å². The minimum absolute atomic E-state index is 0.558. The summed E-state index contributed by atoms with van der Waals surface area (Å²) in [7, 11) is 5.29. The van der Waals surface area contributed by atoms with Crippen molar-refractivity contribution in [1.29, 1.82) is 0 Å². The summed E-state index contributed by atoms with van der Waals surface area (Å²) in [6.07, 6.45) is 1.87. The molecule has 2 N–H and O–H groups in total. The maximum atomic E-state index is 9.83. The Morgan fingerprint density at radius 2 is 1.33 bits per heavy atom. The Labute approximate surface area is 87.2 Å². The highest BCUT2D eigenvalue weighted by molar-refractivity contribution is 5.89. The Bertz CT molecular complexity index is 233. The van der Waals surface area contributed by atoms with E-state index in [9.17, 15) is 14.4 Å². The molecule has 86 valence electrons. The molecule has 1 amide bonds. The molecule has 7 nitrogen and oxygen atoms in total. The number of amides is 1. The topological polar surface area (TPSA) is 98.2 Å². The van der Waals surface area contributed by atoms with Gasteiger partial charge >= 0.3 is 11.9 Å². The van der Waals surface area contributed by atoms with Crippen LogP contribution < -0.4 is 0 Å². The number of hydrogen-bond donors (Lipinski definition) is 2. The van der Waals surface area contributed by atoms with Crippen LogP contribution in [0.1, 0.15) is 0 Å². The van der Waals surface area contributed by atoms with Crippen molar-refractivity contribution < 1.29 is 24.6 Å². The monoisotopic (exact) mass is 218 g/mol. The quantitative estimate of drug-likeness (QED) is 0.366. The van der Waals surface area contributed by atoms with Gasteiger partial charge in [0.05, 0.1) is 0 Å². The van der Waals surface area contributed by atoms with Gasteiger partial charge in [-0.2, -0.15) is 0 Å². The van der Waals surface area contributed by atoms with E-state index in [2.05, 4.69) is 0 Å². The molecule has 0 bridgehead atoms. The Balaban J connectivity index is 0. The minimum atomic E-state index is -1.26. The second-order valence-electron chi connectivity index (χ2n) is 2.54. The summed E-state index contributed by atoms with van der Waals surface area (Å²) in [6, 6.07) is 0. The lowest BCUT2D eigenvalue weighted by Gasteiger charge is -2.17. The molecule has 0 unspecified atom stereocenters. The summed E-state index contributed by atoms with van der Waals surface area (Å²) in [4.78, 5) is 28.9. The number of carbonyl (C=O) groups excluding carboxylic acids is 1. The molecule has 0 saturated heterocycles. The Morgan fingerprint density at radius 1 is 1.00 bits per heavy atom. The van der Waals surface area contributed by atoms with Crippen LogP contribution in [-0.2, 0) is 14.4 Å². The van der Waals surface area contributed by atoms with Crippen molar-refractivity contribution in [1.82, 2.24) is 10.0 Å². The number of carbonyl (C=O) groups is 3. The molecule has 0 fully saturated rings. The first-order valence-electron chi connectivity index (χ1n) is 3.80. The highest BCUT2D eigenvalue weighted by atomic mass is 16.4. The van der Waals surface area contributed by atoms with Crippen molar-refractivity contribution in [3.05, 3.63) is 12.2 Å². The highest BCUT2D eigenvalue weighted by Crippen LogP contribution is 1.74. The average Bonchev–Trinajstić information content (AvgIpc) is 2.14. The predicted molar refractivity (Wildman–Crippen MR) is 51.9 cm³/mol. The molecule has 0 radical (unpaired) electrons. The van der Waals surface area contributed by atoms with Crippen LogP contribution in [0.5, 0.6) is 0 Å². The zero-order chi connectivity index (χ0) is 12.4. The SMILES string of the molecule is CN(C)N(C)C=O.O=C(O)/C=C/C(=O)O. The van der Waals surface area contributed by atoms with Gasteiger partial charge in [-0.05, 0) is 0 Å². The van der Waals surface area contributed by atoms with E-state index in [-0.39, 0.29) is 0 Å². The number of aliphatic carboxylic acids is 2. The number of carboxylic acid groups (broad SMARTS) is 2. The number of hydrogen-bond acceptors (Lipinski definition) is 4. The molecule has 15 heavy (non-hydrogen) atoms. The van der Waals surface area contributed by atoms with Gasteiger partial charge < -0.3 is 10.2 Å². The summed E-state index contributed by atoms with van der Waals surface area (Å²) in [5.74, 6) is -2.51. The molecule has 0 aliphatic rings. The van der Waals surface area contributed by atoms with Crippen molar-refractivity contribution in [3.8, 4) is 0 Å². The van der Waals surface area contributed by atoms with Gasteiger partial charge in [-0.3, -0.25) is 9.80 Å². The number of rotatable bonds is 4. The van der Waals surface area contributed by atoms with Gasteiger partial charge in [0.25, 0.3) is 0 Å². The van der Waals surface area contributed by atoms with Crippen LogP contribution in [0.3, 0.4) is 0 Å². The number of nitrogens with zero attached hydrogens (tertiary/aromatic N) is 2. The molecular weight excluding hydrogens is 204 g/mol. The maximum absolute atomic E-state index is 9.83. The summed E-state index contributed by atoms with van der Waals surface area (Å²) >= 11 is 0. The van der Waals surface area contributed by atoms with Gasteiger partial charge in [-0.1, -0.05) is 0 Å². The molecule has 0 aromatic heterocycles. The standard InChI is InChI=1S/C4H10N2O.C4H4O4/c1-5(2)6(3)4-7;5-3(6)1-2-4(7)8/h4H,1-3H3;1-2H,(H,5,6)(H,7,8)/b;2-1+. The van der Waals surface area contributed by atoms with Gasteiger partial charge in [0, 0.05) is 33.3 Å². The normalized spacial score (nSPS) is 9.33. The molecule has 0 aliphatic carbocycles. The van der Waals surface area contributed by atoms with Crippen LogP contribution in [0.25, 0.3) is 0 Å². The van der Waals surface area contributed by atoms with E-state index in [1.165, 1.54) is 5.01 Å². The van der Waals surface area contributed by atoms with E-state index in [0.29, 0.717) is 12.2 Å². The first-order chi connectivity index (χ1) is 6.81. The Kier molecular flexibility index (Phi) is 9.03. The second-order valence-corrected chi connectivity index (χ2v) is 2.54. The van der Waals surface area contributed by atoms with Crippen LogP contribution in [-0.4, -0.2) is 59.7 Å². The van der Waals surface area contributed by atoms with E-state index in [1.54, 1.807) is 26.2 Å². The summed E-state index contributed by atoms with van der Waals surface area (Å²) < 4.78 is 0. The van der Waals surface area contributed by atoms with Crippen molar-refractivity contribution in [2.75, 3.05) is 21.1 Å². The highest BCUT2D eigenvalue weighted by Gasteiger charge is 1.90.